The number of rotatable bonds is 5. The molecule has 0 unspecified atom stereocenters. The van der Waals surface area contributed by atoms with Crippen molar-refractivity contribution in [2.24, 2.45) is 0 Å². The van der Waals surface area contributed by atoms with E-state index in [9.17, 15) is 14.4 Å². The van der Waals surface area contributed by atoms with Crippen molar-refractivity contribution >= 4 is 56.6 Å². The van der Waals surface area contributed by atoms with Crippen LogP contribution in [0.25, 0.3) is 10.2 Å². The van der Waals surface area contributed by atoms with Gasteiger partial charge in [0.05, 0.1) is 28.6 Å². The summed E-state index contributed by atoms with van der Waals surface area (Å²) in [5.74, 6) is 0.457. The molecule has 212 valence electrons. The van der Waals surface area contributed by atoms with E-state index in [1.807, 2.05) is 59.7 Å². The number of amides is 4. The summed E-state index contributed by atoms with van der Waals surface area (Å²) in [6, 6.07) is 6.81. The minimum absolute atomic E-state index is 0.0367. The highest BCUT2D eigenvalue weighted by molar-refractivity contribution is 7.21. The third kappa shape index (κ3) is 5.56. The van der Waals surface area contributed by atoms with Crippen molar-refractivity contribution in [2.75, 3.05) is 23.3 Å². The van der Waals surface area contributed by atoms with Gasteiger partial charge in [0.25, 0.3) is 5.91 Å². The highest BCUT2D eigenvalue weighted by atomic mass is 32.1. The molecule has 1 fully saturated rings. The highest BCUT2D eigenvalue weighted by Crippen LogP contribution is 2.46. The molecule has 0 bridgehead atoms. The summed E-state index contributed by atoms with van der Waals surface area (Å²) in [4.78, 5) is 48.3. The first-order chi connectivity index (χ1) is 18.9. The largest absolute Gasteiger partial charge is 0.491 e. The van der Waals surface area contributed by atoms with Crippen LogP contribution in [0.4, 0.5) is 26.7 Å². The Morgan fingerprint density at radius 2 is 2.00 bits per heavy atom. The molecule has 1 atom stereocenters. The van der Waals surface area contributed by atoms with Crippen molar-refractivity contribution in [1.82, 2.24) is 15.2 Å². The summed E-state index contributed by atoms with van der Waals surface area (Å²) in [6.45, 7) is 12.3. The molecule has 1 saturated heterocycles. The summed E-state index contributed by atoms with van der Waals surface area (Å²) in [7, 11) is 0. The molecule has 2 aliphatic rings. The fourth-order valence-corrected chi connectivity index (χ4v) is 6.02. The van der Waals surface area contributed by atoms with Gasteiger partial charge in [0.2, 0.25) is 0 Å². The van der Waals surface area contributed by atoms with Gasteiger partial charge in [0.15, 0.2) is 0 Å². The molecule has 2 aromatic heterocycles. The number of hydrogen-bond acceptors (Lipinski definition) is 7. The SMILES string of the molecule is Cc1cc(N2C(=O)Nc3c(C(=O)N[C@@H]4CCCN(C(=O)OC(C)(C)C)C4)sc4nccc2c34)ccc1OC(C)C. The number of thiophene rings is 1. The van der Waals surface area contributed by atoms with E-state index in [-0.39, 0.29) is 30.2 Å². The monoisotopic (exact) mass is 565 g/mol. The van der Waals surface area contributed by atoms with Crippen molar-refractivity contribution in [3.8, 4) is 5.75 Å². The zero-order chi connectivity index (χ0) is 28.8. The molecular formula is C29H35N5O5S. The van der Waals surface area contributed by atoms with E-state index in [1.54, 1.807) is 22.1 Å². The number of piperidine rings is 1. The number of urea groups is 1. The third-order valence-corrected chi connectivity index (χ3v) is 7.74. The van der Waals surface area contributed by atoms with E-state index >= 15 is 0 Å². The van der Waals surface area contributed by atoms with Gasteiger partial charge < -0.3 is 25.0 Å². The third-order valence-electron chi connectivity index (χ3n) is 6.64. The molecule has 3 aromatic rings. The van der Waals surface area contributed by atoms with Crippen molar-refractivity contribution < 1.29 is 23.9 Å². The number of anilines is 3. The predicted molar refractivity (Wildman–Crippen MR) is 156 cm³/mol. The molecule has 0 saturated carbocycles. The zero-order valence-electron chi connectivity index (χ0n) is 23.7. The van der Waals surface area contributed by atoms with Gasteiger partial charge in [0, 0.05) is 25.3 Å². The molecule has 0 radical (unpaired) electrons. The molecule has 4 amide bonds. The van der Waals surface area contributed by atoms with E-state index in [1.165, 1.54) is 11.3 Å². The average molecular weight is 566 g/mol. The number of pyridine rings is 1. The Morgan fingerprint density at radius 1 is 1.23 bits per heavy atom. The molecule has 0 spiro atoms. The number of carbonyl (C=O) groups is 3. The van der Waals surface area contributed by atoms with E-state index in [0.29, 0.717) is 39.9 Å². The van der Waals surface area contributed by atoms with Gasteiger partial charge in [-0.3, -0.25) is 9.69 Å². The number of carbonyl (C=O) groups excluding carboxylic acids is 3. The number of benzene rings is 1. The lowest BCUT2D eigenvalue weighted by atomic mass is 10.1. The zero-order valence-corrected chi connectivity index (χ0v) is 24.5. The van der Waals surface area contributed by atoms with E-state index in [2.05, 4.69) is 15.6 Å². The highest BCUT2D eigenvalue weighted by Gasteiger charge is 2.34. The predicted octanol–water partition coefficient (Wildman–Crippen LogP) is 6.20. The summed E-state index contributed by atoms with van der Waals surface area (Å²) in [6.07, 6.45) is 2.79. The first-order valence-corrected chi connectivity index (χ1v) is 14.3. The second-order valence-corrected chi connectivity index (χ2v) is 12.4. The van der Waals surface area contributed by atoms with Crippen molar-refractivity contribution in [1.29, 1.82) is 0 Å². The fourth-order valence-electron chi connectivity index (χ4n) is 5.00. The van der Waals surface area contributed by atoms with Gasteiger partial charge in [-0.1, -0.05) is 0 Å². The van der Waals surface area contributed by atoms with E-state index in [4.69, 9.17) is 9.47 Å². The van der Waals surface area contributed by atoms with Crippen LogP contribution in [0.2, 0.25) is 0 Å². The number of likely N-dealkylation sites (tertiary alicyclic amines) is 1. The molecule has 11 heteroatoms. The lowest BCUT2D eigenvalue weighted by molar-refractivity contribution is 0.0185. The molecule has 0 aliphatic carbocycles. The number of aryl methyl sites for hydroxylation is 1. The summed E-state index contributed by atoms with van der Waals surface area (Å²) in [5, 5.41) is 6.72. The molecule has 2 N–H and O–H groups in total. The molecule has 1 aromatic carbocycles. The van der Waals surface area contributed by atoms with Gasteiger partial charge in [-0.25, -0.2) is 14.6 Å². The molecular weight excluding hydrogens is 530 g/mol. The lowest BCUT2D eigenvalue weighted by Crippen LogP contribution is -2.50. The fraction of sp³-hybridized carbons (Fsp3) is 0.448. The standard InChI is InChI=1S/C29H35N5O5S/c1-16(2)38-21-10-9-19(14-17(21)3)34-20-11-12-30-26-22(20)23(32-27(34)36)24(40-26)25(35)31-18-8-7-13-33(15-18)28(37)39-29(4,5)6/h9-12,14,16,18H,7-8,13,15H2,1-6H3,(H,31,35)(H,32,36)/t18-/m1/s1. The molecule has 5 rings (SSSR count). The van der Waals surface area contributed by atoms with Crippen LogP contribution in [-0.2, 0) is 4.74 Å². The lowest BCUT2D eigenvalue weighted by Gasteiger charge is -2.34. The Bertz CT molecular complexity index is 1480. The summed E-state index contributed by atoms with van der Waals surface area (Å²) in [5.41, 5.74) is 2.12. The van der Waals surface area contributed by atoms with Gasteiger partial charge in [-0.15, -0.1) is 11.3 Å². The maximum Gasteiger partial charge on any atom is 0.410 e. The second-order valence-electron chi connectivity index (χ2n) is 11.4. The van der Waals surface area contributed by atoms with Gasteiger partial charge in [-0.2, -0.15) is 0 Å². The van der Waals surface area contributed by atoms with Gasteiger partial charge in [-0.05, 0) is 84.2 Å². The van der Waals surface area contributed by atoms with Crippen LogP contribution in [0.3, 0.4) is 0 Å². The number of aromatic nitrogens is 1. The quantitative estimate of drug-likeness (QED) is 0.381. The molecule has 10 nitrogen and oxygen atoms in total. The molecule has 4 heterocycles. The molecule has 40 heavy (non-hydrogen) atoms. The average Bonchev–Trinajstić information content (AvgIpc) is 3.24. The summed E-state index contributed by atoms with van der Waals surface area (Å²) < 4.78 is 11.4. The van der Waals surface area contributed by atoms with E-state index in [0.717, 1.165) is 29.5 Å². The van der Waals surface area contributed by atoms with Crippen LogP contribution in [0, 0.1) is 6.92 Å². The Labute approximate surface area is 237 Å². The van der Waals surface area contributed by atoms with Crippen LogP contribution >= 0.6 is 11.3 Å². The number of nitrogens with zero attached hydrogens (tertiary/aromatic N) is 3. The van der Waals surface area contributed by atoms with Crippen LogP contribution < -0.4 is 20.3 Å². The van der Waals surface area contributed by atoms with Gasteiger partial charge in [0.1, 0.15) is 21.1 Å². The Balaban J connectivity index is 1.40. The minimum atomic E-state index is -0.591. The van der Waals surface area contributed by atoms with Crippen molar-refractivity contribution in [2.45, 2.75) is 72.1 Å². The topological polar surface area (TPSA) is 113 Å². The maximum atomic E-state index is 13.5. The first-order valence-electron chi connectivity index (χ1n) is 13.5. The van der Waals surface area contributed by atoms with Crippen LogP contribution in [0.5, 0.6) is 5.75 Å². The van der Waals surface area contributed by atoms with Crippen LogP contribution in [0.1, 0.15) is 62.7 Å². The summed E-state index contributed by atoms with van der Waals surface area (Å²) >= 11 is 1.24. The Kier molecular flexibility index (Phi) is 7.34. The van der Waals surface area contributed by atoms with Crippen LogP contribution in [-0.4, -0.2) is 58.8 Å². The van der Waals surface area contributed by atoms with Gasteiger partial charge >= 0.3 is 12.1 Å². The number of hydrogen-bond donors (Lipinski definition) is 2. The number of nitrogens with one attached hydrogen (secondary N) is 2. The van der Waals surface area contributed by atoms with E-state index < -0.39 is 5.60 Å². The smallest absolute Gasteiger partial charge is 0.410 e. The first kappa shape index (κ1) is 27.7. The van der Waals surface area contributed by atoms with Crippen molar-refractivity contribution in [3.63, 3.8) is 0 Å². The van der Waals surface area contributed by atoms with Crippen LogP contribution in [0.15, 0.2) is 30.5 Å². The Morgan fingerprint density at radius 3 is 2.70 bits per heavy atom. The number of ether oxygens (including phenoxy) is 2. The Hall–Kier alpha value is -3.86. The van der Waals surface area contributed by atoms with Crippen molar-refractivity contribution in [3.05, 3.63) is 40.9 Å². The molecule has 2 aliphatic heterocycles. The minimum Gasteiger partial charge on any atom is -0.491 e. The normalized spacial score (nSPS) is 17.2. The maximum absolute atomic E-state index is 13.5. The second kappa shape index (κ2) is 10.6.